The fraction of sp³-hybridized carbons (Fsp3) is 0.379. The molecular weight excluding hydrogens is 500 g/mol. The quantitative estimate of drug-likeness (QED) is 0.494. The predicted octanol–water partition coefficient (Wildman–Crippen LogP) is 3.40. The van der Waals surface area contributed by atoms with Crippen molar-refractivity contribution in [1.29, 1.82) is 0 Å². The van der Waals surface area contributed by atoms with Crippen molar-refractivity contribution < 1.29 is 14.4 Å². The Labute approximate surface area is 224 Å². The molecule has 8 nitrogen and oxygen atoms in total. The lowest BCUT2D eigenvalue weighted by Gasteiger charge is -2.47. The Hall–Kier alpha value is -3.56. The average Bonchev–Trinajstić information content (AvgIpc) is 3.41. The van der Waals surface area contributed by atoms with Crippen LogP contribution in [0, 0.1) is 11.3 Å². The van der Waals surface area contributed by atoms with E-state index >= 15 is 0 Å². The van der Waals surface area contributed by atoms with Crippen LogP contribution >= 0.6 is 11.3 Å². The largest absolute Gasteiger partial charge is 0.335 e. The Morgan fingerprint density at radius 3 is 2.53 bits per heavy atom. The number of fused-ring (bicyclic) bond motifs is 4. The number of barbiturate groups is 1. The highest BCUT2D eigenvalue weighted by atomic mass is 32.1. The Bertz CT molecular complexity index is 1450. The zero-order valence-corrected chi connectivity index (χ0v) is 22.1. The number of hydrogen-bond donors (Lipinski definition) is 1. The number of benzene rings is 1. The Kier molecular flexibility index (Phi) is 6.28. The molecule has 3 aromatic rings. The lowest BCUT2D eigenvalue weighted by Crippen LogP contribution is -2.68. The highest BCUT2D eigenvalue weighted by Gasteiger charge is 2.56. The minimum Gasteiger partial charge on any atom is -0.312 e. The van der Waals surface area contributed by atoms with Gasteiger partial charge in [0.1, 0.15) is 5.41 Å². The number of aryl methyl sites for hydroxylation is 1. The van der Waals surface area contributed by atoms with Crippen LogP contribution in [0.5, 0.6) is 0 Å². The zero-order valence-electron chi connectivity index (χ0n) is 21.3. The number of rotatable bonds is 6. The molecule has 0 radical (unpaired) electrons. The molecular formula is C29H30N4O4S. The van der Waals surface area contributed by atoms with Crippen LogP contribution < -0.4 is 15.8 Å². The summed E-state index contributed by atoms with van der Waals surface area (Å²) >= 11 is 1.50. The van der Waals surface area contributed by atoms with Crippen molar-refractivity contribution >= 4 is 34.9 Å². The number of nitrogens with one attached hydrogen (secondary N) is 1. The van der Waals surface area contributed by atoms with Crippen LogP contribution in [-0.2, 0) is 29.0 Å². The van der Waals surface area contributed by atoms with Crippen LogP contribution in [0.2, 0.25) is 0 Å². The number of aromatic nitrogens is 1. The summed E-state index contributed by atoms with van der Waals surface area (Å²) in [5, 5.41) is 4.44. The van der Waals surface area contributed by atoms with Gasteiger partial charge in [-0.3, -0.25) is 19.7 Å². The fourth-order valence-corrected chi connectivity index (χ4v) is 7.18. The van der Waals surface area contributed by atoms with Crippen LogP contribution in [0.4, 0.5) is 10.5 Å². The monoisotopic (exact) mass is 530 g/mol. The molecule has 3 aliphatic rings. The minimum atomic E-state index is -1.45. The third-order valence-electron chi connectivity index (χ3n) is 8.18. The lowest BCUT2D eigenvalue weighted by molar-refractivity contribution is -0.144. The molecule has 2 aromatic heterocycles. The van der Waals surface area contributed by atoms with Crippen LogP contribution in [0.25, 0.3) is 0 Å². The van der Waals surface area contributed by atoms with Gasteiger partial charge in [-0.2, -0.15) is 0 Å². The predicted molar refractivity (Wildman–Crippen MR) is 145 cm³/mol. The van der Waals surface area contributed by atoms with Gasteiger partial charge in [0, 0.05) is 55.2 Å². The van der Waals surface area contributed by atoms with Gasteiger partial charge in [-0.25, -0.2) is 9.69 Å². The molecule has 9 heteroatoms. The molecule has 2 saturated heterocycles. The SMILES string of the molecule is CCc1ccc(N2C(=O)NC(=O)[C@@](Cc3cccs3)(CN3C[C@@H]4C[C@H](C3)c3cccc(=O)n3C4)C2=O)cc1. The molecule has 38 heavy (non-hydrogen) atoms. The molecule has 1 aromatic carbocycles. The highest BCUT2D eigenvalue weighted by Crippen LogP contribution is 2.39. The number of nitrogens with zero attached hydrogens (tertiary/aromatic N) is 3. The van der Waals surface area contributed by atoms with Gasteiger partial charge in [-0.1, -0.05) is 31.2 Å². The van der Waals surface area contributed by atoms with Gasteiger partial charge < -0.3 is 9.47 Å². The first-order chi connectivity index (χ1) is 18.4. The zero-order chi connectivity index (χ0) is 26.4. The van der Waals surface area contributed by atoms with Gasteiger partial charge in [-0.05, 0) is 54.0 Å². The highest BCUT2D eigenvalue weighted by molar-refractivity contribution is 7.09. The molecule has 4 amide bonds. The van der Waals surface area contributed by atoms with Crippen molar-refractivity contribution in [2.24, 2.45) is 11.3 Å². The topological polar surface area (TPSA) is 91.7 Å². The third-order valence-corrected chi connectivity index (χ3v) is 9.05. The second-order valence-corrected chi connectivity index (χ2v) is 11.7. The number of amides is 4. The first-order valence-electron chi connectivity index (χ1n) is 13.1. The van der Waals surface area contributed by atoms with E-state index in [1.165, 1.54) is 11.3 Å². The molecule has 2 bridgehead atoms. The number of hydrogen-bond acceptors (Lipinski definition) is 6. The summed E-state index contributed by atoms with van der Waals surface area (Å²) in [6, 6.07) is 15.9. The second kappa shape index (κ2) is 9.63. The summed E-state index contributed by atoms with van der Waals surface area (Å²) in [5.74, 6) is -0.636. The number of anilines is 1. The first-order valence-corrected chi connectivity index (χ1v) is 14.0. The summed E-state index contributed by atoms with van der Waals surface area (Å²) in [6.07, 6.45) is 2.04. The van der Waals surface area contributed by atoms with Gasteiger partial charge in [-0.15, -0.1) is 11.3 Å². The van der Waals surface area contributed by atoms with Crippen LogP contribution in [0.15, 0.2) is 64.8 Å². The van der Waals surface area contributed by atoms with Gasteiger partial charge in [0.05, 0.1) is 5.69 Å². The molecule has 0 unspecified atom stereocenters. The first kappa shape index (κ1) is 24.8. The van der Waals surface area contributed by atoms with E-state index < -0.39 is 23.3 Å². The maximum Gasteiger partial charge on any atom is 0.335 e. The van der Waals surface area contributed by atoms with E-state index in [0.29, 0.717) is 25.3 Å². The van der Waals surface area contributed by atoms with E-state index in [9.17, 15) is 19.2 Å². The summed E-state index contributed by atoms with van der Waals surface area (Å²) in [5.41, 5.74) is 1.13. The summed E-state index contributed by atoms with van der Waals surface area (Å²) in [7, 11) is 0. The molecule has 0 spiro atoms. The number of likely N-dealkylation sites (tertiary alicyclic amines) is 1. The maximum absolute atomic E-state index is 14.3. The van der Waals surface area contributed by atoms with Crippen molar-refractivity contribution in [2.75, 3.05) is 24.5 Å². The van der Waals surface area contributed by atoms with Gasteiger partial charge >= 0.3 is 6.03 Å². The summed E-state index contributed by atoms with van der Waals surface area (Å²) in [6.45, 7) is 4.21. The normalized spacial score (nSPS) is 25.3. The van der Waals surface area contributed by atoms with Gasteiger partial charge in [0.15, 0.2) is 0 Å². The fourth-order valence-electron chi connectivity index (χ4n) is 6.36. The van der Waals surface area contributed by atoms with Crippen molar-refractivity contribution in [2.45, 2.75) is 38.6 Å². The van der Waals surface area contributed by atoms with Crippen LogP contribution in [-0.4, -0.2) is 46.9 Å². The van der Waals surface area contributed by atoms with E-state index in [1.54, 1.807) is 24.3 Å². The molecule has 3 aliphatic heterocycles. The lowest BCUT2D eigenvalue weighted by atomic mass is 9.76. The number of piperidine rings is 1. The van der Waals surface area contributed by atoms with Crippen molar-refractivity contribution in [1.82, 2.24) is 14.8 Å². The molecule has 0 saturated carbocycles. The standard InChI is InChI=1S/C29H30N4O4S/c1-2-19-8-10-22(11-9-19)33-27(36)29(26(35)30-28(33)37,14-23-5-4-12-38-23)18-31-15-20-13-21(17-31)24-6-3-7-25(34)32(24)16-20/h3-12,20-21H,2,13-18H2,1H3,(H,30,35,37)/t20-,21+,29+/m0/s1. The number of carbonyl (C=O) groups is 3. The van der Waals surface area contributed by atoms with Crippen molar-refractivity contribution in [3.63, 3.8) is 0 Å². The Balaban J connectivity index is 1.36. The van der Waals surface area contributed by atoms with E-state index in [0.717, 1.165) is 33.9 Å². The van der Waals surface area contributed by atoms with E-state index in [1.807, 2.05) is 47.2 Å². The van der Waals surface area contributed by atoms with Crippen LogP contribution in [0.3, 0.4) is 0 Å². The van der Waals surface area contributed by atoms with E-state index in [-0.39, 0.29) is 30.4 Å². The van der Waals surface area contributed by atoms with Crippen molar-refractivity contribution in [3.05, 3.63) is 86.5 Å². The minimum absolute atomic E-state index is 0.0184. The average molecular weight is 531 g/mol. The Morgan fingerprint density at radius 1 is 0.974 bits per heavy atom. The van der Waals surface area contributed by atoms with Crippen LogP contribution in [0.1, 0.15) is 35.4 Å². The van der Waals surface area contributed by atoms with Gasteiger partial charge in [0.25, 0.3) is 11.5 Å². The second-order valence-electron chi connectivity index (χ2n) is 10.7. The molecule has 1 N–H and O–H groups in total. The van der Waals surface area contributed by atoms with Crippen molar-refractivity contribution in [3.8, 4) is 0 Å². The number of urea groups is 1. The number of carbonyl (C=O) groups excluding carboxylic acids is 3. The third kappa shape index (κ3) is 4.19. The van der Waals surface area contributed by atoms with E-state index in [4.69, 9.17) is 0 Å². The van der Waals surface area contributed by atoms with Gasteiger partial charge in [0.2, 0.25) is 5.91 Å². The van der Waals surface area contributed by atoms with E-state index in [2.05, 4.69) is 10.2 Å². The molecule has 196 valence electrons. The smallest absolute Gasteiger partial charge is 0.312 e. The molecule has 5 heterocycles. The Morgan fingerprint density at radius 2 is 1.79 bits per heavy atom. The molecule has 3 atom stereocenters. The summed E-state index contributed by atoms with van der Waals surface area (Å²) in [4.78, 5) is 57.7. The molecule has 2 fully saturated rings. The number of pyridine rings is 1. The molecule has 0 aliphatic carbocycles. The summed E-state index contributed by atoms with van der Waals surface area (Å²) < 4.78 is 1.87. The maximum atomic E-state index is 14.3. The number of imide groups is 2. The molecule has 6 rings (SSSR count). The number of thiophene rings is 1.